The van der Waals surface area contributed by atoms with Crippen LogP contribution >= 0.6 is 0 Å². The van der Waals surface area contributed by atoms with E-state index in [1.165, 1.54) is 38.5 Å². The van der Waals surface area contributed by atoms with E-state index >= 15 is 8.78 Å². The first-order valence-corrected chi connectivity index (χ1v) is 19.1. The number of ketones is 1. The maximum atomic E-state index is 15.2. The molecular weight excluding hydrogens is 658 g/mol. The Kier molecular flexibility index (Phi) is 13.1. The lowest BCUT2D eigenvalue weighted by atomic mass is 9.85. The maximum absolute atomic E-state index is 15.2. The van der Waals surface area contributed by atoms with E-state index in [0.29, 0.717) is 43.9 Å². The van der Waals surface area contributed by atoms with Crippen molar-refractivity contribution in [3.8, 4) is 11.6 Å². The van der Waals surface area contributed by atoms with Gasteiger partial charge in [0.2, 0.25) is 11.8 Å². The lowest BCUT2D eigenvalue weighted by Crippen LogP contribution is -2.53. The molecule has 0 spiro atoms. The Morgan fingerprint density at radius 2 is 1.76 bits per heavy atom. The number of carbonyl (C=O) groups is 3. The number of nitrogens with one attached hydrogen (secondary N) is 1. The molecule has 282 valence electrons. The highest BCUT2D eigenvalue weighted by Gasteiger charge is 2.43. The zero-order valence-electron chi connectivity index (χ0n) is 30.7. The van der Waals surface area contributed by atoms with E-state index in [0.717, 1.165) is 38.5 Å². The van der Waals surface area contributed by atoms with E-state index in [4.69, 9.17) is 9.47 Å². The SMILES string of the molecule is COc1ccc2nc(C(F)(F)CCCC[C@@H]3CCCC3OC(=O)NC(CCC3CCCCC3)C(=O)N3CC[C@@H](C)[C@H]3C(=O)C(C)C)c(O)nc2c1. The van der Waals surface area contributed by atoms with Crippen molar-refractivity contribution in [3.05, 3.63) is 23.9 Å². The molecule has 0 radical (unpaired) electrons. The van der Waals surface area contributed by atoms with E-state index in [9.17, 15) is 19.5 Å². The van der Waals surface area contributed by atoms with Gasteiger partial charge in [-0.15, -0.1) is 0 Å². The van der Waals surface area contributed by atoms with Gasteiger partial charge in [0.25, 0.3) is 5.92 Å². The molecule has 2 heterocycles. The fraction of sp³-hybridized carbons (Fsp3) is 0.718. The first kappa shape index (κ1) is 38.7. The number of aromatic nitrogens is 2. The van der Waals surface area contributed by atoms with Crippen LogP contribution in [0.4, 0.5) is 13.6 Å². The number of amides is 2. The molecule has 1 aliphatic heterocycles. The third-order valence-corrected chi connectivity index (χ3v) is 11.4. The van der Waals surface area contributed by atoms with Crippen LogP contribution in [0.15, 0.2) is 18.2 Å². The summed E-state index contributed by atoms with van der Waals surface area (Å²) in [6.07, 6.45) is 10.1. The van der Waals surface area contributed by atoms with Crippen molar-refractivity contribution in [2.75, 3.05) is 13.7 Å². The number of alkyl halides is 2. The minimum absolute atomic E-state index is 0.0251. The number of Topliss-reactive ketones (excluding diaryl/α,β-unsaturated/α-hetero) is 1. The number of methoxy groups -OCH3 is 1. The summed E-state index contributed by atoms with van der Waals surface area (Å²) in [7, 11) is 1.48. The van der Waals surface area contributed by atoms with E-state index in [1.54, 1.807) is 11.0 Å². The molecule has 2 unspecified atom stereocenters. The summed E-state index contributed by atoms with van der Waals surface area (Å²) in [5.41, 5.74) is -0.238. The highest BCUT2D eigenvalue weighted by atomic mass is 19.3. The first-order valence-electron chi connectivity index (χ1n) is 19.1. The Morgan fingerprint density at radius 1 is 1.00 bits per heavy atom. The number of benzene rings is 1. The Balaban J connectivity index is 1.16. The van der Waals surface area contributed by atoms with Crippen LogP contribution in [-0.2, 0) is 20.2 Å². The summed E-state index contributed by atoms with van der Waals surface area (Å²) in [6, 6.07) is 3.40. The highest BCUT2D eigenvalue weighted by Crippen LogP contribution is 2.39. The number of unbranched alkanes of at least 4 members (excludes halogenated alkanes) is 1. The molecule has 0 bridgehead atoms. The number of aromatic hydroxyl groups is 1. The number of likely N-dealkylation sites (tertiary alicyclic amines) is 1. The molecule has 1 aromatic heterocycles. The summed E-state index contributed by atoms with van der Waals surface area (Å²) < 4.78 is 41.5. The molecule has 1 aromatic carbocycles. The normalized spacial score (nSPS) is 23.5. The van der Waals surface area contributed by atoms with Gasteiger partial charge in [-0.25, -0.2) is 14.8 Å². The average molecular weight is 715 g/mol. The van der Waals surface area contributed by atoms with Gasteiger partial charge < -0.3 is 24.8 Å². The van der Waals surface area contributed by atoms with E-state index in [2.05, 4.69) is 15.3 Å². The van der Waals surface area contributed by atoms with Gasteiger partial charge in [0.15, 0.2) is 11.5 Å². The van der Waals surface area contributed by atoms with Crippen molar-refractivity contribution >= 4 is 28.8 Å². The summed E-state index contributed by atoms with van der Waals surface area (Å²) in [4.78, 5) is 50.2. The number of halogens is 2. The largest absolute Gasteiger partial charge is 0.497 e. The number of nitrogens with zero attached hydrogens (tertiary/aromatic N) is 3. The quantitative estimate of drug-likeness (QED) is 0.177. The molecule has 3 aliphatic rings. The molecule has 2 saturated carbocycles. The van der Waals surface area contributed by atoms with E-state index < -0.39 is 42.1 Å². The minimum atomic E-state index is -3.37. The van der Waals surface area contributed by atoms with Gasteiger partial charge in [0.05, 0.1) is 24.2 Å². The fourth-order valence-corrected chi connectivity index (χ4v) is 8.38. The summed E-state index contributed by atoms with van der Waals surface area (Å²) >= 11 is 0. The summed E-state index contributed by atoms with van der Waals surface area (Å²) in [5, 5.41) is 13.2. The zero-order chi connectivity index (χ0) is 36.7. The molecule has 2 aliphatic carbocycles. The minimum Gasteiger partial charge on any atom is -0.497 e. The second-order valence-corrected chi connectivity index (χ2v) is 15.4. The van der Waals surface area contributed by atoms with Crippen LogP contribution in [0.1, 0.15) is 123 Å². The lowest BCUT2D eigenvalue weighted by molar-refractivity contribution is -0.141. The predicted octanol–water partition coefficient (Wildman–Crippen LogP) is 8.08. The van der Waals surface area contributed by atoms with Gasteiger partial charge >= 0.3 is 6.09 Å². The molecule has 3 fully saturated rings. The number of hydrogen-bond acceptors (Lipinski definition) is 8. The van der Waals surface area contributed by atoms with Crippen LogP contribution in [0.25, 0.3) is 11.0 Å². The third kappa shape index (κ3) is 9.66. The average Bonchev–Trinajstić information content (AvgIpc) is 3.72. The number of ether oxygens (including phenoxy) is 2. The predicted molar refractivity (Wildman–Crippen MR) is 190 cm³/mol. The second-order valence-electron chi connectivity index (χ2n) is 15.4. The van der Waals surface area contributed by atoms with Crippen LogP contribution in [0.3, 0.4) is 0 Å². The Morgan fingerprint density at radius 3 is 2.49 bits per heavy atom. The lowest BCUT2D eigenvalue weighted by Gasteiger charge is -2.32. The van der Waals surface area contributed by atoms with Crippen molar-refractivity contribution in [2.24, 2.45) is 23.7 Å². The van der Waals surface area contributed by atoms with Gasteiger partial charge in [-0.05, 0) is 81.3 Å². The van der Waals surface area contributed by atoms with Crippen molar-refractivity contribution in [1.29, 1.82) is 0 Å². The molecule has 2 N–H and O–H groups in total. The Labute approximate surface area is 300 Å². The third-order valence-electron chi connectivity index (χ3n) is 11.4. The van der Waals surface area contributed by atoms with Gasteiger partial charge in [0, 0.05) is 24.9 Å². The zero-order valence-corrected chi connectivity index (χ0v) is 30.7. The number of carbonyl (C=O) groups excluding carboxylic acids is 3. The molecule has 5 rings (SSSR count). The summed E-state index contributed by atoms with van der Waals surface area (Å²) in [5.74, 6) is -3.44. The highest BCUT2D eigenvalue weighted by molar-refractivity contribution is 5.93. The molecule has 10 nitrogen and oxygen atoms in total. The fourth-order valence-electron chi connectivity index (χ4n) is 8.38. The Hall–Kier alpha value is -3.57. The molecule has 2 amide bonds. The van der Waals surface area contributed by atoms with Gasteiger partial charge in [0.1, 0.15) is 17.9 Å². The standard InChI is InChI=1S/C39H56F2N4O6/c1-24(2)34(46)33-25(3)20-22-45(33)37(48)30(18-16-26-11-6-5-7-12-26)44-38(49)51-32-15-10-14-27(32)13-8-9-21-39(40,41)35-36(47)43-31-23-28(50-4)17-19-29(31)42-35/h17,19,23-27,30,32-33H,5-16,18,20-22H2,1-4H3,(H,43,47)(H,44,49)/t25-,27-,30?,32?,33+/m1/s1. The van der Waals surface area contributed by atoms with Crippen molar-refractivity contribution in [1.82, 2.24) is 20.2 Å². The van der Waals surface area contributed by atoms with Crippen molar-refractivity contribution < 1.29 is 37.7 Å². The number of rotatable bonds is 15. The molecule has 1 saturated heterocycles. The van der Waals surface area contributed by atoms with Crippen LogP contribution in [-0.4, -0.2) is 69.6 Å². The number of fused-ring (bicyclic) bond motifs is 1. The van der Waals surface area contributed by atoms with Crippen LogP contribution < -0.4 is 10.1 Å². The maximum Gasteiger partial charge on any atom is 0.408 e. The second kappa shape index (κ2) is 17.3. The van der Waals surface area contributed by atoms with Gasteiger partial charge in [-0.2, -0.15) is 8.78 Å². The number of alkyl carbamates (subject to hydrolysis) is 1. The summed E-state index contributed by atoms with van der Waals surface area (Å²) in [6.45, 7) is 6.22. The smallest absolute Gasteiger partial charge is 0.408 e. The van der Waals surface area contributed by atoms with Crippen LogP contribution in [0.2, 0.25) is 0 Å². The van der Waals surface area contributed by atoms with Crippen LogP contribution in [0, 0.1) is 23.7 Å². The van der Waals surface area contributed by atoms with Crippen molar-refractivity contribution in [2.45, 2.75) is 141 Å². The van der Waals surface area contributed by atoms with Gasteiger partial charge in [-0.3, -0.25) is 9.59 Å². The van der Waals surface area contributed by atoms with Crippen molar-refractivity contribution in [3.63, 3.8) is 0 Å². The Bertz CT molecular complexity index is 1520. The molecule has 5 atom stereocenters. The first-order chi connectivity index (χ1) is 24.4. The number of hydrogen-bond donors (Lipinski definition) is 2. The monoisotopic (exact) mass is 714 g/mol. The molecule has 51 heavy (non-hydrogen) atoms. The molecular formula is C39H56F2N4O6. The molecule has 12 heteroatoms. The van der Waals surface area contributed by atoms with E-state index in [1.807, 2.05) is 20.8 Å². The van der Waals surface area contributed by atoms with Gasteiger partial charge in [-0.1, -0.05) is 59.3 Å². The molecule has 2 aromatic rings. The van der Waals surface area contributed by atoms with Crippen LogP contribution in [0.5, 0.6) is 11.6 Å². The van der Waals surface area contributed by atoms with E-state index in [-0.39, 0.29) is 53.0 Å². The topological polar surface area (TPSA) is 131 Å².